The normalized spacial score (nSPS) is 14.1. The molecular weight excluding hydrogens is 217 g/mol. The van der Waals surface area contributed by atoms with Gasteiger partial charge >= 0.3 is 0 Å². The summed E-state index contributed by atoms with van der Waals surface area (Å²) in [6.45, 7) is 6.00. The summed E-state index contributed by atoms with van der Waals surface area (Å²) in [6, 6.07) is 6.53. The molecule has 0 saturated heterocycles. The fourth-order valence-corrected chi connectivity index (χ4v) is 1.62. The molecule has 0 bridgehead atoms. The van der Waals surface area contributed by atoms with Gasteiger partial charge in [-0.15, -0.1) is 0 Å². The first-order chi connectivity index (χ1) is 8.02. The summed E-state index contributed by atoms with van der Waals surface area (Å²) >= 11 is 0. The van der Waals surface area contributed by atoms with Gasteiger partial charge in [0.15, 0.2) is 0 Å². The molecule has 1 N–H and O–H groups in total. The molecule has 17 heavy (non-hydrogen) atoms. The van der Waals surface area contributed by atoms with E-state index in [4.69, 9.17) is 0 Å². The van der Waals surface area contributed by atoms with Crippen LogP contribution in [0, 0.1) is 5.82 Å². The van der Waals surface area contributed by atoms with Crippen molar-refractivity contribution in [2.45, 2.75) is 45.6 Å². The molecule has 2 atom stereocenters. The van der Waals surface area contributed by atoms with Crippen LogP contribution in [0.2, 0.25) is 0 Å². The van der Waals surface area contributed by atoms with Crippen molar-refractivity contribution in [3.63, 3.8) is 0 Å². The van der Waals surface area contributed by atoms with E-state index >= 15 is 0 Å². The molecule has 0 saturated carbocycles. The number of nitrogens with one attached hydrogen (secondary N) is 1. The predicted molar refractivity (Wildman–Crippen MR) is 67.3 cm³/mol. The molecule has 0 aliphatic heterocycles. The van der Waals surface area contributed by atoms with E-state index in [1.807, 2.05) is 20.8 Å². The topological polar surface area (TPSA) is 29.1 Å². The first-order valence-corrected chi connectivity index (χ1v) is 6.07. The van der Waals surface area contributed by atoms with Crippen LogP contribution in [0.15, 0.2) is 24.3 Å². The Kier molecular flexibility index (Phi) is 5.13. The maximum atomic E-state index is 12.8. The van der Waals surface area contributed by atoms with E-state index in [9.17, 15) is 9.18 Å². The lowest BCUT2D eigenvalue weighted by Gasteiger charge is -2.15. The van der Waals surface area contributed by atoms with Crippen LogP contribution in [0.3, 0.4) is 0 Å². The molecule has 2 unspecified atom stereocenters. The van der Waals surface area contributed by atoms with Gasteiger partial charge in [-0.1, -0.05) is 26.0 Å². The highest BCUT2D eigenvalue weighted by molar-refractivity contribution is 5.77. The number of amides is 1. The van der Waals surface area contributed by atoms with Crippen molar-refractivity contribution >= 4 is 5.91 Å². The molecular formula is C14H20FNO. The van der Waals surface area contributed by atoms with Gasteiger partial charge < -0.3 is 5.32 Å². The maximum Gasteiger partial charge on any atom is 0.220 e. The van der Waals surface area contributed by atoms with E-state index in [1.54, 1.807) is 12.1 Å². The number of benzene rings is 1. The third kappa shape index (κ3) is 4.55. The number of hydrogen-bond acceptors (Lipinski definition) is 1. The second-order valence-electron chi connectivity index (χ2n) is 4.53. The van der Waals surface area contributed by atoms with Gasteiger partial charge in [0.25, 0.3) is 0 Å². The van der Waals surface area contributed by atoms with E-state index in [0.717, 1.165) is 12.0 Å². The highest BCUT2D eigenvalue weighted by atomic mass is 19.1. The summed E-state index contributed by atoms with van der Waals surface area (Å²) in [6.07, 6.45) is 1.37. The zero-order chi connectivity index (χ0) is 12.8. The minimum Gasteiger partial charge on any atom is -0.354 e. The minimum absolute atomic E-state index is 0.0520. The summed E-state index contributed by atoms with van der Waals surface area (Å²) in [4.78, 5) is 11.7. The first kappa shape index (κ1) is 13.7. The van der Waals surface area contributed by atoms with Gasteiger partial charge in [-0.2, -0.15) is 0 Å². The molecule has 0 aliphatic rings. The van der Waals surface area contributed by atoms with Crippen molar-refractivity contribution in [2.75, 3.05) is 0 Å². The average molecular weight is 237 g/mol. The van der Waals surface area contributed by atoms with Crippen LogP contribution >= 0.6 is 0 Å². The van der Waals surface area contributed by atoms with E-state index in [1.165, 1.54) is 12.1 Å². The van der Waals surface area contributed by atoms with Crippen LogP contribution in [0.5, 0.6) is 0 Å². The fourth-order valence-electron chi connectivity index (χ4n) is 1.62. The molecule has 0 heterocycles. The Hall–Kier alpha value is -1.38. The lowest BCUT2D eigenvalue weighted by atomic mass is 9.97. The molecule has 1 aromatic rings. The van der Waals surface area contributed by atoms with Crippen LogP contribution < -0.4 is 5.32 Å². The summed E-state index contributed by atoms with van der Waals surface area (Å²) < 4.78 is 12.8. The molecule has 1 rings (SSSR count). The lowest BCUT2D eigenvalue weighted by Crippen LogP contribution is -2.32. The zero-order valence-corrected chi connectivity index (χ0v) is 10.7. The molecule has 0 aromatic heterocycles. The van der Waals surface area contributed by atoms with Crippen molar-refractivity contribution in [1.82, 2.24) is 5.32 Å². The van der Waals surface area contributed by atoms with Crippen molar-refractivity contribution in [3.05, 3.63) is 35.6 Å². The zero-order valence-electron chi connectivity index (χ0n) is 10.7. The van der Waals surface area contributed by atoms with Crippen molar-refractivity contribution in [3.8, 4) is 0 Å². The van der Waals surface area contributed by atoms with Gasteiger partial charge in [0.2, 0.25) is 5.91 Å². The van der Waals surface area contributed by atoms with Crippen LogP contribution in [-0.4, -0.2) is 11.9 Å². The summed E-state index contributed by atoms with van der Waals surface area (Å²) in [7, 11) is 0. The van der Waals surface area contributed by atoms with E-state index < -0.39 is 0 Å². The van der Waals surface area contributed by atoms with Crippen LogP contribution in [0.4, 0.5) is 4.39 Å². The molecule has 94 valence electrons. The van der Waals surface area contributed by atoms with Gasteiger partial charge in [-0.3, -0.25) is 4.79 Å². The second-order valence-corrected chi connectivity index (χ2v) is 4.53. The molecule has 0 fully saturated rings. The number of rotatable bonds is 5. The molecule has 0 aliphatic carbocycles. The predicted octanol–water partition coefficient (Wildman–Crippen LogP) is 3.23. The Morgan fingerprint density at radius 3 is 2.41 bits per heavy atom. The number of halogens is 1. The minimum atomic E-state index is -0.245. The van der Waals surface area contributed by atoms with E-state index in [2.05, 4.69) is 5.32 Å². The monoisotopic (exact) mass is 237 g/mol. The van der Waals surface area contributed by atoms with Crippen LogP contribution in [0.25, 0.3) is 0 Å². The summed E-state index contributed by atoms with van der Waals surface area (Å²) in [5.41, 5.74) is 0.991. The Balaban J connectivity index is 2.51. The van der Waals surface area contributed by atoms with Crippen molar-refractivity contribution < 1.29 is 9.18 Å². The highest BCUT2D eigenvalue weighted by Gasteiger charge is 2.12. The molecule has 0 radical (unpaired) electrons. The van der Waals surface area contributed by atoms with Crippen molar-refractivity contribution in [1.29, 1.82) is 0 Å². The van der Waals surface area contributed by atoms with Crippen LogP contribution in [-0.2, 0) is 4.79 Å². The Bertz CT molecular complexity index is 361. The molecule has 3 heteroatoms. The first-order valence-electron chi connectivity index (χ1n) is 6.07. The van der Waals surface area contributed by atoms with Gasteiger partial charge in [-0.25, -0.2) is 4.39 Å². The number of carbonyl (C=O) groups is 1. The summed E-state index contributed by atoms with van der Waals surface area (Å²) in [5.74, 6) is -0.0826. The Labute approximate surface area is 102 Å². The molecule has 1 aromatic carbocycles. The number of carbonyl (C=O) groups excluding carboxylic acids is 1. The van der Waals surface area contributed by atoms with Gasteiger partial charge in [0.1, 0.15) is 5.82 Å². The Morgan fingerprint density at radius 2 is 1.88 bits per heavy atom. The Morgan fingerprint density at radius 1 is 1.29 bits per heavy atom. The second kappa shape index (κ2) is 6.38. The third-order valence-corrected chi connectivity index (χ3v) is 2.95. The fraction of sp³-hybridized carbons (Fsp3) is 0.500. The van der Waals surface area contributed by atoms with E-state index in [-0.39, 0.29) is 23.7 Å². The molecule has 1 amide bonds. The van der Waals surface area contributed by atoms with Gasteiger partial charge in [0, 0.05) is 12.5 Å². The average Bonchev–Trinajstić information content (AvgIpc) is 2.29. The highest BCUT2D eigenvalue weighted by Crippen LogP contribution is 2.19. The molecule has 2 nitrogen and oxygen atoms in total. The largest absolute Gasteiger partial charge is 0.354 e. The number of hydrogen-bond donors (Lipinski definition) is 1. The standard InChI is InChI=1S/C14H20FNO/c1-4-11(3)16-14(17)9-10(2)12-5-7-13(15)8-6-12/h5-8,10-11H,4,9H2,1-3H3,(H,16,17). The lowest BCUT2D eigenvalue weighted by molar-refractivity contribution is -0.122. The van der Waals surface area contributed by atoms with Crippen molar-refractivity contribution in [2.24, 2.45) is 0 Å². The SMILES string of the molecule is CCC(C)NC(=O)CC(C)c1ccc(F)cc1. The van der Waals surface area contributed by atoms with Crippen LogP contribution in [0.1, 0.15) is 45.1 Å². The van der Waals surface area contributed by atoms with Gasteiger partial charge in [-0.05, 0) is 37.0 Å². The molecule has 0 spiro atoms. The van der Waals surface area contributed by atoms with E-state index in [0.29, 0.717) is 6.42 Å². The third-order valence-electron chi connectivity index (χ3n) is 2.95. The quantitative estimate of drug-likeness (QED) is 0.837. The summed E-state index contributed by atoms with van der Waals surface area (Å²) in [5, 5.41) is 2.93. The van der Waals surface area contributed by atoms with Gasteiger partial charge in [0.05, 0.1) is 0 Å². The maximum absolute atomic E-state index is 12.8. The smallest absolute Gasteiger partial charge is 0.220 e.